The summed E-state index contributed by atoms with van der Waals surface area (Å²) in [5.41, 5.74) is 0.0888. The maximum Gasteiger partial charge on any atom is 0.360 e. The maximum atomic E-state index is 12.9. The molecule has 1 amide bonds. The molecule has 7 nitrogen and oxygen atoms in total. The Kier molecular flexibility index (Phi) is 6.92. The quantitative estimate of drug-likeness (QED) is 0.649. The summed E-state index contributed by atoms with van der Waals surface area (Å²) in [6.07, 6.45) is 6.42. The summed E-state index contributed by atoms with van der Waals surface area (Å²) in [7, 11) is 1.28. The van der Waals surface area contributed by atoms with Crippen molar-refractivity contribution in [1.82, 2.24) is 9.88 Å². The van der Waals surface area contributed by atoms with Gasteiger partial charge in [0.1, 0.15) is 12.0 Å². The molecule has 0 unspecified atom stereocenters. The first kappa shape index (κ1) is 20.2. The minimum absolute atomic E-state index is 0.0888. The van der Waals surface area contributed by atoms with Gasteiger partial charge in [-0.05, 0) is 37.1 Å². The van der Waals surface area contributed by atoms with Gasteiger partial charge in [0.15, 0.2) is 12.3 Å². The van der Waals surface area contributed by atoms with Crippen molar-refractivity contribution in [2.75, 3.05) is 13.7 Å². The van der Waals surface area contributed by atoms with E-state index in [2.05, 4.69) is 9.72 Å². The minimum atomic E-state index is -0.573. The van der Waals surface area contributed by atoms with Gasteiger partial charge in [-0.25, -0.2) is 9.78 Å². The van der Waals surface area contributed by atoms with Crippen LogP contribution < -0.4 is 4.74 Å². The van der Waals surface area contributed by atoms with Crippen LogP contribution in [0, 0.1) is 0 Å². The lowest BCUT2D eigenvalue weighted by Crippen LogP contribution is -2.43. The highest BCUT2D eigenvalue weighted by atomic mass is 35.5. The molecule has 0 atom stereocenters. The number of carbonyl (C=O) groups excluding carboxylic acids is 2. The topological polar surface area (TPSA) is 81.9 Å². The van der Waals surface area contributed by atoms with Crippen molar-refractivity contribution in [3.05, 3.63) is 47.1 Å². The van der Waals surface area contributed by atoms with E-state index in [4.69, 9.17) is 20.8 Å². The molecule has 1 aromatic heterocycles. The number of rotatable bonds is 7. The molecule has 0 spiro atoms. The van der Waals surface area contributed by atoms with Crippen LogP contribution in [0.25, 0.3) is 0 Å². The third-order valence-corrected chi connectivity index (χ3v) is 5.02. The second-order valence-corrected chi connectivity index (χ2v) is 7.11. The fourth-order valence-corrected chi connectivity index (χ4v) is 3.43. The summed E-state index contributed by atoms with van der Waals surface area (Å²) in [5.74, 6) is 0.146. The van der Waals surface area contributed by atoms with E-state index < -0.39 is 5.97 Å². The molecule has 1 saturated carbocycles. The summed E-state index contributed by atoms with van der Waals surface area (Å²) in [5, 5.41) is 0.604. The van der Waals surface area contributed by atoms with E-state index in [-0.39, 0.29) is 30.8 Å². The number of hydrogen-bond acceptors (Lipinski definition) is 6. The third kappa shape index (κ3) is 5.25. The molecule has 0 aliphatic heterocycles. The van der Waals surface area contributed by atoms with Crippen molar-refractivity contribution in [2.24, 2.45) is 0 Å². The maximum absolute atomic E-state index is 12.9. The number of amides is 1. The average Bonchev–Trinajstić information content (AvgIpc) is 3.20. The normalized spacial score (nSPS) is 14.5. The van der Waals surface area contributed by atoms with E-state index in [0.717, 1.165) is 25.7 Å². The first-order chi connectivity index (χ1) is 13.6. The summed E-state index contributed by atoms with van der Waals surface area (Å²) >= 11 is 5.87. The van der Waals surface area contributed by atoms with Gasteiger partial charge in [-0.2, -0.15) is 0 Å². The predicted octanol–water partition coefficient (Wildman–Crippen LogP) is 3.85. The molecule has 28 heavy (non-hydrogen) atoms. The van der Waals surface area contributed by atoms with E-state index >= 15 is 0 Å². The van der Waals surface area contributed by atoms with Crippen molar-refractivity contribution < 1.29 is 23.5 Å². The number of ether oxygens (including phenoxy) is 2. The van der Waals surface area contributed by atoms with Crippen LogP contribution in [0.1, 0.15) is 48.5 Å². The fourth-order valence-electron chi connectivity index (χ4n) is 3.30. The number of nitrogens with zero attached hydrogens (tertiary/aromatic N) is 2. The van der Waals surface area contributed by atoms with Gasteiger partial charge < -0.3 is 18.8 Å². The van der Waals surface area contributed by atoms with E-state index in [0.29, 0.717) is 16.7 Å². The molecular weight excluding hydrogens is 384 g/mol. The van der Waals surface area contributed by atoms with Crippen LogP contribution in [-0.4, -0.2) is 41.5 Å². The zero-order valence-corrected chi connectivity index (χ0v) is 16.5. The van der Waals surface area contributed by atoms with E-state index in [1.165, 1.54) is 19.8 Å². The van der Waals surface area contributed by atoms with Crippen molar-refractivity contribution >= 4 is 23.5 Å². The summed E-state index contributed by atoms with van der Waals surface area (Å²) in [6.45, 7) is 0.0904. The van der Waals surface area contributed by atoms with Crippen LogP contribution in [0.2, 0.25) is 5.02 Å². The van der Waals surface area contributed by atoms with Crippen LogP contribution in [0.5, 0.6) is 5.75 Å². The molecule has 0 N–H and O–H groups in total. The van der Waals surface area contributed by atoms with Crippen LogP contribution >= 0.6 is 11.6 Å². The highest BCUT2D eigenvalue weighted by Gasteiger charge is 2.27. The highest BCUT2D eigenvalue weighted by molar-refractivity contribution is 6.30. The number of carbonyl (C=O) groups is 2. The van der Waals surface area contributed by atoms with Crippen LogP contribution in [0.3, 0.4) is 0 Å². The number of oxazole rings is 1. The van der Waals surface area contributed by atoms with Gasteiger partial charge in [0.25, 0.3) is 5.91 Å². The Morgan fingerprint density at radius 1 is 1.21 bits per heavy atom. The van der Waals surface area contributed by atoms with Crippen molar-refractivity contribution in [3.8, 4) is 5.75 Å². The first-order valence-corrected chi connectivity index (χ1v) is 9.65. The molecule has 1 aliphatic rings. The molecule has 150 valence electrons. The number of aromatic nitrogens is 1. The van der Waals surface area contributed by atoms with Gasteiger partial charge in [-0.1, -0.05) is 30.9 Å². The van der Waals surface area contributed by atoms with Gasteiger partial charge in [0, 0.05) is 11.1 Å². The highest BCUT2D eigenvalue weighted by Crippen LogP contribution is 2.25. The van der Waals surface area contributed by atoms with E-state index in [9.17, 15) is 9.59 Å². The van der Waals surface area contributed by atoms with Crippen LogP contribution in [0.4, 0.5) is 0 Å². The fraction of sp³-hybridized carbons (Fsp3) is 0.450. The van der Waals surface area contributed by atoms with Gasteiger partial charge in [0.05, 0.1) is 13.7 Å². The van der Waals surface area contributed by atoms with Crippen molar-refractivity contribution in [2.45, 2.75) is 44.7 Å². The lowest BCUT2D eigenvalue weighted by Gasteiger charge is -2.33. The number of benzene rings is 1. The van der Waals surface area contributed by atoms with Crippen molar-refractivity contribution in [3.63, 3.8) is 0 Å². The Hall–Kier alpha value is -2.54. The third-order valence-electron chi connectivity index (χ3n) is 4.76. The average molecular weight is 407 g/mol. The molecule has 1 aliphatic carbocycles. The van der Waals surface area contributed by atoms with E-state index in [1.54, 1.807) is 29.2 Å². The standard InChI is InChI=1S/C20H23ClN2O5/c1-26-20(25)17-12-28-18(22-17)11-23(15-5-3-2-4-6-15)19(24)13-27-16-9-7-14(21)8-10-16/h7-10,12,15H,2-6,11,13H2,1H3. The number of esters is 1. The van der Waals surface area contributed by atoms with E-state index in [1.807, 2.05) is 0 Å². The van der Waals surface area contributed by atoms with Crippen molar-refractivity contribution in [1.29, 1.82) is 0 Å². The summed E-state index contributed by atoms with van der Waals surface area (Å²) in [4.78, 5) is 30.3. The lowest BCUT2D eigenvalue weighted by atomic mass is 9.94. The number of methoxy groups -OCH3 is 1. The van der Waals surface area contributed by atoms with Gasteiger partial charge in [-0.15, -0.1) is 0 Å². The molecule has 2 aromatic rings. The molecule has 0 bridgehead atoms. The minimum Gasteiger partial charge on any atom is -0.484 e. The molecule has 0 radical (unpaired) electrons. The monoisotopic (exact) mass is 406 g/mol. The first-order valence-electron chi connectivity index (χ1n) is 9.27. The Balaban J connectivity index is 1.68. The molecule has 1 aromatic carbocycles. The smallest absolute Gasteiger partial charge is 0.360 e. The molecule has 8 heteroatoms. The van der Waals surface area contributed by atoms with Gasteiger partial charge >= 0.3 is 5.97 Å². The molecule has 1 heterocycles. The zero-order valence-electron chi connectivity index (χ0n) is 15.7. The molecule has 3 rings (SSSR count). The lowest BCUT2D eigenvalue weighted by molar-refractivity contribution is -0.137. The molecule has 0 saturated heterocycles. The summed E-state index contributed by atoms with van der Waals surface area (Å²) in [6, 6.07) is 6.96. The Labute approximate surface area is 168 Å². The SMILES string of the molecule is COC(=O)c1coc(CN(C(=O)COc2ccc(Cl)cc2)C2CCCCC2)n1. The van der Waals surface area contributed by atoms with Crippen LogP contribution in [-0.2, 0) is 16.1 Å². The number of halogens is 1. The second-order valence-electron chi connectivity index (χ2n) is 6.67. The largest absolute Gasteiger partial charge is 0.484 e. The van der Waals surface area contributed by atoms with Crippen LogP contribution in [0.15, 0.2) is 34.9 Å². The molecular formula is C20H23ClN2O5. The molecule has 1 fully saturated rings. The summed E-state index contributed by atoms with van der Waals surface area (Å²) < 4.78 is 15.6. The Morgan fingerprint density at radius 3 is 2.61 bits per heavy atom. The number of hydrogen-bond donors (Lipinski definition) is 0. The Bertz CT molecular complexity index is 799. The van der Waals surface area contributed by atoms with Gasteiger partial charge in [-0.3, -0.25) is 4.79 Å². The Morgan fingerprint density at radius 2 is 1.93 bits per heavy atom. The van der Waals surface area contributed by atoms with Gasteiger partial charge in [0.2, 0.25) is 5.89 Å². The second kappa shape index (κ2) is 9.59. The predicted molar refractivity (Wildman–Crippen MR) is 102 cm³/mol. The zero-order chi connectivity index (χ0) is 19.9.